The summed E-state index contributed by atoms with van der Waals surface area (Å²) in [5.41, 5.74) is 2.56. The molecule has 0 saturated carbocycles. The van der Waals surface area contributed by atoms with Crippen LogP contribution >= 0.6 is 0 Å². The number of amides is 1. The van der Waals surface area contributed by atoms with Crippen LogP contribution in [0.1, 0.15) is 39.9 Å². The van der Waals surface area contributed by atoms with Crippen molar-refractivity contribution >= 4 is 17.6 Å². The molecule has 0 fully saturated rings. The van der Waals surface area contributed by atoms with E-state index in [2.05, 4.69) is 10.5 Å². The summed E-state index contributed by atoms with van der Waals surface area (Å²) in [6, 6.07) is 15.1. The quantitative estimate of drug-likeness (QED) is 0.577. The van der Waals surface area contributed by atoms with Crippen LogP contribution in [0.25, 0.3) is 0 Å². The van der Waals surface area contributed by atoms with Gasteiger partial charge in [-0.1, -0.05) is 23.4 Å². The molecule has 1 amide bonds. The van der Waals surface area contributed by atoms with Crippen molar-refractivity contribution in [3.8, 4) is 11.8 Å². The van der Waals surface area contributed by atoms with Crippen molar-refractivity contribution in [1.29, 1.82) is 5.26 Å². The van der Waals surface area contributed by atoms with Crippen molar-refractivity contribution in [1.82, 2.24) is 5.16 Å². The first-order valence-corrected chi connectivity index (χ1v) is 9.54. The number of ether oxygens (including phenoxy) is 2. The van der Waals surface area contributed by atoms with Gasteiger partial charge in [-0.2, -0.15) is 5.26 Å². The maximum absolute atomic E-state index is 12.7. The molecule has 0 spiro atoms. The minimum absolute atomic E-state index is 0.177. The fourth-order valence-electron chi connectivity index (χ4n) is 2.81. The molecule has 1 heterocycles. The Labute approximate surface area is 179 Å². The molecule has 1 atom stereocenters. The van der Waals surface area contributed by atoms with Crippen LogP contribution < -0.4 is 10.1 Å². The summed E-state index contributed by atoms with van der Waals surface area (Å²) in [6.07, 6.45) is -1.06. The van der Waals surface area contributed by atoms with Gasteiger partial charge in [0.2, 0.25) is 0 Å². The summed E-state index contributed by atoms with van der Waals surface area (Å²) in [4.78, 5) is 25.1. The molecule has 0 saturated heterocycles. The first-order chi connectivity index (χ1) is 14.9. The highest BCUT2D eigenvalue weighted by Crippen LogP contribution is 2.23. The van der Waals surface area contributed by atoms with Gasteiger partial charge in [-0.15, -0.1) is 0 Å². The van der Waals surface area contributed by atoms with E-state index in [4.69, 9.17) is 19.3 Å². The molecule has 0 bridgehead atoms. The Bertz CT molecular complexity index is 1130. The molecule has 8 nitrogen and oxygen atoms in total. The van der Waals surface area contributed by atoms with Gasteiger partial charge in [-0.05, 0) is 51.1 Å². The van der Waals surface area contributed by atoms with Crippen LogP contribution in [0.4, 0.5) is 5.69 Å². The van der Waals surface area contributed by atoms with Crippen molar-refractivity contribution < 1.29 is 23.6 Å². The van der Waals surface area contributed by atoms with Gasteiger partial charge in [0, 0.05) is 5.69 Å². The summed E-state index contributed by atoms with van der Waals surface area (Å²) in [6.45, 7) is 5.23. The van der Waals surface area contributed by atoms with Gasteiger partial charge in [0.25, 0.3) is 5.91 Å². The third-order valence-electron chi connectivity index (χ3n) is 4.57. The number of rotatable bonds is 7. The highest BCUT2D eigenvalue weighted by atomic mass is 16.5. The predicted molar refractivity (Wildman–Crippen MR) is 111 cm³/mol. The Balaban J connectivity index is 1.65. The van der Waals surface area contributed by atoms with Crippen LogP contribution in [0.3, 0.4) is 0 Å². The van der Waals surface area contributed by atoms with Crippen LogP contribution in [0.5, 0.6) is 5.75 Å². The lowest BCUT2D eigenvalue weighted by molar-refractivity contribution is -0.123. The Morgan fingerprint density at radius 2 is 1.97 bits per heavy atom. The molecule has 1 aromatic heterocycles. The molecular weight excluding hydrogens is 398 g/mol. The van der Waals surface area contributed by atoms with Crippen molar-refractivity contribution in [3.05, 3.63) is 76.7 Å². The van der Waals surface area contributed by atoms with Gasteiger partial charge in [0.15, 0.2) is 6.10 Å². The first-order valence-electron chi connectivity index (χ1n) is 9.54. The molecule has 0 aliphatic heterocycles. The third kappa shape index (κ3) is 5.28. The van der Waals surface area contributed by atoms with E-state index in [1.54, 1.807) is 49.4 Å². The van der Waals surface area contributed by atoms with Gasteiger partial charge >= 0.3 is 5.97 Å². The number of nitrogens with one attached hydrogen (secondary N) is 1. The number of carbonyl (C=O) groups excluding carboxylic acids is 2. The number of anilines is 1. The minimum Gasteiger partial charge on any atom is -0.488 e. The largest absolute Gasteiger partial charge is 0.488 e. The van der Waals surface area contributed by atoms with E-state index in [0.29, 0.717) is 28.5 Å². The Kier molecular flexibility index (Phi) is 6.67. The Hall–Kier alpha value is -4.12. The average molecular weight is 419 g/mol. The zero-order chi connectivity index (χ0) is 22.4. The van der Waals surface area contributed by atoms with Gasteiger partial charge < -0.3 is 19.3 Å². The molecule has 2 aromatic carbocycles. The van der Waals surface area contributed by atoms with Crippen LogP contribution in [0, 0.1) is 25.2 Å². The highest BCUT2D eigenvalue weighted by molar-refractivity contribution is 5.98. The zero-order valence-electron chi connectivity index (χ0n) is 17.3. The fraction of sp³-hybridized carbons (Fsp3) is 0.217. The number of nitrogens with zero attached hydrogens (tertiary/aromatic N) is 2. The fourth-order valence-corrected chi connectivity index (χ4v) is 2.81. The molecule has 0 aliphatic rings. The lowest BCUT2D eigenvalue weighted by Gasteiger charge is -2.15. The van der Waals surface area contributed by atoms with Crippen molar-refractivity contribution in [2.24, 2.45) is 0 Å². The Morgan fingerprint density at radius 1 is 1.19 bits per heavy atom. The van der Waals surface area contributed by atoms with Crippen LogP contribution in [0.2, 0.25) is 0 Å². The number of benzene rings is 2. The lowest BCUT2D eigenvalue weighted by Crippen LogP contribution is -2.30. The number of carbonyl (C=O) groups is 2. The molecule has 0 radical (unpaired) electrons. The normalized spacial score (nSPS) is 11.3. The third-order valence-corrected chi connectivity index (χ3v) is 4.57. The minimum atomic E-state index is -1.06. The molecule has 1 N–H and O–H groups in total. The number of hydrogen-bond acceptors (Lipinski definition) is 7. The second-order valence-electron chi connectivity index (χ2n) is 6.82. The lowest BCUT2D eigenvalue weighted by atomic mass is 10.2. The van der Waals surface area contributed by atoms with E-state index in [1.807, 2.05) is 13.0 Å². The molecule has 8 heteroatoms. The van der Waals surface area contributed by atoms with E-state index in [0.717, 1.165) is 5.56 Å². The van der Waals surface area contributed by atoms with E-state index < -0.39 is 18.0 Å². The number of nitriles is 1. The van der Waals surface area contributed by atoms with Crippen LogP contribution in [0.15, 0.2) is 53.1 Å². The average Bonchev–Trinajstić information content (AvgIpc) is 3.09. The molecule has 31 heavy (non-hydrogen) atoms. The maximum Gasteiger partial charge on any atom is 0.342 e. The number of aryl methyl sites for hydroxylation is 2. The van der Waals surface area contributed by atoms with Crippen molar-refractivity contribution in [2.75, 3.05) is 5.32 Å². The SMILES string of the molecule is Cc1noc(C)c1COc1ccccc1C(=O)O[C@H](C)C(=O)Nc1cccc(C#N)c1. The van der Waals surface area contributed by atoms with E-state index in [9.17, 15) is 9.59 Å². The molecule has 3 aromatic rings. The van der Waals surface area contributed by atoms with E-state index in [-0.39, 0.29) is 12.2 Å². The van der Waals surface area contributed by atoms with Crippen molar-refractivity contribution in [3.63, 3.8) is 0 Å². The van der Waals surface area contributed by atoms with E-state index >= 15 is 0 Å². The monoisotopic (exact) mass is 419 g/mol. The molecule has 0 unspecified atom stereocenters. The predicted octanol–water partition coefficient (Wildman–Crippen LogP) is 3.93. The van der Waals surface area contributed by atoms with Gasteiger partial charge in [-0.25, -0.2) is 4.79 Å². The second kappa shape index (κ2) is 9.59. The summed E-state index contributed by atoms with van der Waals surface area (Å²) in [5, 5.41) is 15.5. The Morgan fingerprint density at radius 3 is 2.68 bits per heavy atom. The number of esters is 1. The van der Waals surface area contributed by atoms with Gasteiger partial charge in [0.05, 0.1) is 22.9 Å². The van der Waals surface area contributed by atoms with Crippen LogP contribution in [-0.2, 0) is 16.1 Å². The van der Waals surface area contributed by atoms with E-state index in [1.165, 1.54) is 13.0 Å². The summed E-state index contributed by atoms with van der Waals surface area (Å²) >= 11 is 0. The maximum atomic E-state index is 12.7. The van der Waals surface area contributed by atoms with Crippen molar-refractivity contribution in [2.45, 2.75) is 33.5 Å². The zero-order valence-corrected chi connectivity index (χ0v) is 17.3. The summed E-state index contributed by atoms with van der Waals surface area (Å²) in [5.74, 6) is -0.245. The van der Waals surface area contributed by atoms with Crippen LogP contribution in [-0.4, -0.2) is 23.1 Å². The molecular formula is C23H21N3O5. The standard InChI is InChI=1S/C23H21N3O5/c1-14-20(15(2)31-26-14)13-29-21-10-5-4-9-19(21)23(28)30-16(3)22(27)25-18-8-6-7-17(11-18)12-24/h4-11,16H,13H2,1-3H3,(H,25,27)/t16-/m1/s1. The second-order valence-corrected chi connectivity index (χ2v) is 6.82. The smallest absolute Gasteiger partial charge is 0.342 e. The number of para-hydroxylation sites is 1. The van der Waals surface area contributed by atoms with Gasteiger partial charge in [-0.3, -0.25) is 4.79 Å². The van der Waals surface area contributed by atoms with Gasteiger partial charge in [0.1, 0.15) is 23.7 Å². The first kappa shape index (κ1) is 21.6. The number of aromatic nitrogens is 1. The molecule has 0 aliphatic carbocycles. The summed E-state index contributed by atoms with van der Waals surface area (Å²) in [7, 11) is 0. The number of hydrogen-bond donors (Lipinski definition) is 1. The summed E-state index contributed by atoms with van der Waals surface area (Å²) < 4.78 is 16.2. The molecule has 158 valence electrons. The molecule has 3 rings (SSSR count). The highest BCUT2D eigenvalue weighted by Gasteiger charge is 2.22. The topological polar surface area (TPSA) is 114 Å².